The summed E-state index contributed by atoms with van der Waals surface area (Å²) in [6.07, 6.45) is 16.0. The third kappa shape index (κ3) is 9.73. The molecule has 0 bridgehead atoms. The van der Waals surface area contributed by atoms with Crippen LogP contribution in [-0.4, -0.2) is 19.6 Å². The van der Waals surface area contributed by atoms with Crippen LogP contribution in [0.25, 0.3) is 0 Å². The van der Waals surface area contributed by atoms with E-state index in [1.165, 1.54) is 90.3 Å². The molecule has 2 heteroatoms. The maximum atomic E-state index is 2.31. The Labute approximate surface area is 127 Å². The van der Waals surface area contributed by atoms with Gasteiger partial charge in [-0.05, 0) is 32.1 Å². The van der Waals surface area contributed by atoms with Crippen LogP contribution in [0, 0.1) is 5.92 Å². The zero-order valence-corrected chi connectivity index (χ0v) is 14.1. The predicted octanol–water partition coefficient (Wildman–Crippen LogP) is 0.836. The van der Waals surface area contributed by atoms with Gasteiger partial charge in [0.2, 0.25) is 0 Å². The fourth-order valence-corrected chi connectivity index (χ4v) is 3.39. The molecule has 1 aliphatic heterocycles. The van der Waals surface area contributed by atoms with E-state index in [-0.39, 0.29) is 12.4 Å². The predicted molar refractivity (Wildman–Crippen MR) is 81.2 cm³/mol. The third-order valence-electron chi connectivity index (χ3n) is 4.57. The van der Waals surface area contributed by atoms with Crippen LogP contribution in [0.5, 0.6) is 0 Å². The monoisotopic (exact) mass is 289 g/mol. The van der Waals surface area contributed by atoms with Gasteiger partial charge in [-0.25, -0.2) is 0 Å². The molecular weight excluding hydrogens is 254 g/mol. The smallest absolute Gasteiger partial charge is 0.0799 e. The fourth-order valence-electron chi connectivity index (χ4n) is 3.39. The van der Waals surface area contributed by atoms with Crippen molar-refractivity contribution in [3.8, 4) is 0 Å². The Morgan fingerprint density at radius 3 is 2.26 bits per heavy atom. The van der Waals surface area contributed by atoms with E-state index in [9.17, 15) is 0 Å². The number of nitrogens with one attached hydrogen (secondary N) is 1. The van der Waals surface area contributed by atoms with Gasteiger partial charge < -0.3 is 17.3 Å². The lowest BCUT2D eigenvalue weighted by Crippen LogP contribution is -3.13. The van der Waals surface area contributed by atoms with Crippen molar-refractivity contribution in [3.05, 3.63) is 0 Å². The minimum Gasteiger partial charge on any atom is -1.00 e. The average Bonchev–Trinajstić information content (AvgIpc) is 2.40. The van der Waals surface area contributed by atoms with Crippen LogP contribution < -0.4 is 17.3 Å². The first-order valence-electron chi connectivity index (χ1n) is 8.70. The molecule has 1 N–H and O–H groups in total. The largest absolute Gasteiger partial charge is 1.00 e. The van der Waals surface area contributed by atoms with Gasteiger partial charge >= 0.3 is 0 Å². The van der Waals surface area contributed by atoms with Gasteiger partial charge in [-0.3, -0.25) is 0 Å². The average molecular weight is 290 g/mol. The van der Waals surface area contributed by atoms with E-state index in [0.29, 0.717) is 0 Å². The summed E-state index contributed by atoms with van der Waals surface area (Å²) in [5.74, 6) is 1.05. The second-order valence-electron chi connectivity index (χ2n) is 6.37. The Hall–Kier alpha value is 0.250. The lowest BCUT2D eigenvalue weighted by Gasteiger charge is -2.30. The minimum atomic E-state index is 0. The molecular formula is C17H36ClN. The van der Waals surface area contributed by atoms with Crippen LogP contribution in [0.2, 0.25) is 0 Å². The van der Waals surface area contributed by atoms with Gasteiger partial charge in [0, 0.05) is 5.92 Å². The molecule has 19 heavy (non-hydrogen) atoms. The van der Waals surface area contributed by atoms with Crippen LogP contribution in [0.1, 0.15) is 84.5 Å². The standard InChI is InChI=1S/C17H35N.ClH/c1-3-5-7-9-12-17-13-11-15-18(16-17)14-10-8-6-4-2;/h17H,3-16H2,1-2H3;1H. The number of likely N-dealkylation sites (tertiary alicyclic amines) is 1. The lowest BCUT2D eigenvalue weighted by molar-refractivity contribution is -0.909. The van der Waals surface area contributed by atoms with Crippen LogP contribution in [0.4, 0.5) is 0 Å². The summed E-state index contributed by atoms with van der Waals surface area (Å²) >= 11 is 0. The SMILES string of the molecule is CCCCCCC1CCC[NH+](CCCCCC)C1.[Cl-]. The Bertz CT molecular complexity index is 166. The van der Waals surface area contributed by atoms with Gasteiger partial charge in [-0.2, -0.15) is 0 Å². The molecule has 116 valence electrons. The van der Waals surface area contributed by atoms with Gasteiger partial charge in [0.05, 0.1) is 19.6 Å². The molecule has 0 aromatic rings. The molecule has 0 saturated carbocycles. The van der Waals surface area contributed by atoms with Gasteiger partial charge in [-0.15, -0.1) is 0 Å². The molecule has 0 amide bonds. The summed E-state index contributed by atoms with van der Waals surface area (Å²) in [6, 6.07) is 0. The highest BCUT2D eigenvalue weighted by Gasteiger charge is 2.21. The first kappa shape index (κ1) is 19.2. The molecule has 2 unspecified atom stereocenters. The van der Waals surface area contributed by atoms with Gasteiger partial charge in [-0.1, -0.05) is 52.4 Å². The van der Waals surface area contributed by atoms with E-state index in [4.69, 9.17) is 0 Å². The summed E-state index contributed by atoms with van der Waals surface area (Å²) in [6.45, 7) is 9.00. The summed E-state index contributed by atoms with van der Waals surface area (Å²) in [5, 5.41) is 0. The van der Waals surface area contributed by atoms with E-state index in [1.807, 2.05) is 4.90 Å². The first-order valence-corrected chi connectivity index (χ1v) is 8.70. The Morgan fingerprint density at radius 1 is 0.895 bits per heavy atom. The van der Waals surface area contributed by atoms with Crippen molar-refractivity contribution in [2.45, 2.75) is 84.5 Å². The van der Waals surface area contributed by atoms with Crippen molar-refractivity contribution >= 4 is 0 Å². The highest BCUT2D eigenvalue weighted by atomic mass is 35.5. The minimum absolute atomic E-state index is 0. The number of unbranched alkanes of at least 4 members (excludes halogenated alkanes) is 6. The molecule has 1 nitrogen and oxygen atoms in total. The van der Waals surface area contributed by atoms with Crippen molar-refractivity contribution in [2.24, 2.45) is 5.92 Å². The molecule has 0 aromatic carbocycles. The highest BCUT2D eigenvalue weighted by Crippen LogP contribution is 2.16. The number of hydrogen-bond acceptors (Lipinski definition) is 0. The van der Waals surface area contributed by atoms with Crippen molar-refractivity contribution < 1.29 is 17.3 Å². The van der Waals surface area contributed by atoms with E-state index < -0.39 is 0 Å². The number of halogens is 1. The molecule has 2 atom stereocenters. The van der Waals surface area contributed by atoms with Gasteiger partial charge in [0.25, 0.3) is 0 Å². The molecule has 1 heterocycles. The van der Waals surface area contributed by atoms with Crippen LogP contribution in [0.3, 0.4) is 0 Å². The van der Waals surface area contributed by atoms with Crippen LogP contribution >= 0.6 is 0 Å². The van der Waals surface area contributed by atoms with Crippen molar-refractivity contribution in [1.82, 2.24) is 0 Å². The van der Waals surface area contributed by atoms with Crippen molar-refractivity contribution in [1.29, 1.82) is 0 Å². The fraction of sp³-hybridized carbons (Fsp3) is 1.00. The Balaban J connectivity index is 0.00000324. The highest BCUT2D eigenvalue weighted by molar-refractivity contribution is 4.62. The molecule has 0 aliphatic carbocycles. The zero-order chi connectivity index (χ0) is 13.1. The molecule has 1 saturated heterocycles. The first-order chi connectivity index (χ1) is 8.86. The normalized spacial score (nSPS) is 23.1. The van der Waals surface area contributed by atoms with Crippen LogP contribution in [0.15, 0.2) is 0 Å². The quantitative estimate of drug-likeness (QED) is 0.569. The molecule has 0 radical (unpaired) electrons. The Kier molecular flexibility index (Phi) is 13.4. The van der Waals surface area contributed by atoms with Crippen molar-refractivity contribution in [2.75, 3.05) is 19.6 Å². The van der Waals surface area contributed by atoms with E-state index >= 15 is 0 Å². The van der Waals surface area contributed by atoms with Gasteiger partial charge in [0.1, 0.15) is 0 Å². The topological polar surface area (TPSA) is 4.44 Å². The van der Waals surface area contributed by atoms with Gasteiger partial charge in [0.15, 0.2) is 0 Å². The summed E-state index contributed by atoms with van der Waals surface area (Å²) < 4.78 is 0. The summed E-state index contributed by atoms with van der Waals surface area (Å²) in [4.78, 5) is 1.91. The summed E-state index contributed by atoms with van der Waals surface area (Å²) in [5.41, 5.74) is 0. The van der Waals surface area contributed by atoms with E-state index in [0.717, 1.165) is 5.92 Å². The molecule has 0 aromatic heterocycles. The van der Waals surface area contributed by atoms with Crippen LogP contribution in [-0.2, 0) is 0 Å². The number of quaternary nitrogens is 1. The second kappa shape index (κ2) is 13.2. The van der Waals surface area contributed by atoms with Crippen molar-refractivity contribution in [3.63, 3.8) is 0 Å². The molecule has 0 spiro atoms. The zero-order valence-electron chi connectivity index (χ0n) is 13.4. The molecule has 1 aliphatic rings. The van der Waals surface area contributed by atoms with E-state index in [1.54, 1.807) is 0 Å². The Morgan fingerprint density at radius 2 is 1.58 bits per heavy atom. The number of piperidine rings is 1. The lowest BCUT2D eigenvalue weighted by atomic mass is 9.92. The maximum absolute atomic E-state index is 2.31. The second-order valence-corrected chi connectivity index (χ2v) is 6.37. The third-order valence-corrected chi connectivity index (χ3v) is 4.57. The summed E-state index contributed by atoms with van der Waals surface area (Å²) in [7, 11) is 0. The molecule has 1 rings (SSSR count). The van der Waals surface area contributed by atoms with E-state index in [2.05, 4.69) is 13.8 Å². The maximum Gasteiger partial charge on any atom is 0.0799 e. The number of rotatable bonds is 10. The number of hydrogen-bond donors (Lipinski definition) is 1. The molecule has 1 fully saturated rings.